The van der Waals surface area contributed by atoms with Gasteiger partial charge in [0.15, 0.2) is 4.34 Å². The molecule has 0 spiro atoms. The van der Waals surface area contributed by atoms with Crippen molar-refractivity contribution in [3.8, 4) is 6.07 Å². The first-order valence-corrected chi connectivity index (χ1v) is 11.5. The van der Waals surface area contributed by atoms with Gasteiger partial charge in [0.1, 0.15) is 0 Å². The van der Waals surface area contributed by atoms with E-state index in [9.17, 15) is 9.59 Å². The minimum Gasteiger partial charge on any atom is -0.352 e. The molecule has 1 heterocycles. The average Bonchev–Trinajstić information content (AvgIpc) is 3.23. The Hall–Kier alpha value is -2.93. The third-order valence-corrected chi connectivity index (χ3v) is 6.37. The Bertz CT molecular complexity index is 1080. The first kappa shape index (κ1) is 22.7. The monoisotopic (exact) mass is 471 g/mol. The highest BCUT2D eigenvalue weighted by molar-refractivity contribution is 8.00. The average molecular weight is 472 g/mol. The number of carbonyl (C=O) groups excluding carboxylic acids is 2. The number of anilines is 1. The van der Waals surface area contributed by atoms with E-state index in [1.165, 1.54) is 23.1 Å². The third-order valence-electron chi connectivity index (χ3n) is 4.07. The number of hydrogen-bond acceptors (Lipinski definition) is 7. The highest BCUT2D eigenvalue weighted by atomic mass is 35.5. The van der Waals surface area contributed by atoms with Crippen LogP contribution in [-0.4, -0.2) is 28.6 Å². The largest absolute Gasteiger partial charge is 0.352 e. The summed E-state index contributed by atoms with van der Waals surface area (Å²) >= 11 is 8.63. The predicted octanol–water partition coefficient (Wildman–Crippen LogP) is 4.50. The van der Waals surface area contributed by atoms with E-state index in [0.717, 1.165) is 9.90 Å². The molecule has 7 nitrogen and oxygen atoms in total. The van der Waals surface area contributed by atoms with Crippen molar-refractivity contribution in [1.82, 2.24) is 15.5 Å². The number of rotatable bonds is 9. The Morgan fingerprint density at radius 3 is 2.55 bits per heavy atom. The van der Waals surface area contributed by atoms with Crippen LogP contribution < -0.4 is 10.6 Å². The zero-order chi connectivity index (χ0) is 22.1. The van der Waals surface area contributed by atoms with Gasteiger partial charge in [-0.15, -0.1) is 10.2 Å². The van der Waals surface area contributed by atoms with Crippen molar-refractivity contribution < 1.29 is 9.59 Å². The molecule has 158 valence electrons. The number of thioether (sulfide) groups is 1. The number of aromatic nitrogens is 2. The van der Waals surface area contributed by atoms with Crippen molar-refractivity contribution in [3.05, 3.63) is 70.2 Å². The topological polar surface area (TPSA) is 108 Å². The zero-order valence-corrected chi connectivity index (χ0v) is 18.7. The van der Waals surface area contributed by atoms with Gasteiger partial charge in [-0.05, 0) is 48.4 Å². The van der Waals surface area contributed by atoms with Crippen molar-refractivity contribution in [2.45, 2.75) is 22.9 Å². The number of amides is 2. The fraction of sp³-hybridized carbons (Fsp3) is 0.190. The maximum atomic E-state index is 12.1. The van der Waals surface area contributed by atoms with E-state index in [0.29, 0.717) is 40.0 Å². The summed E-state index contributed by atoms with van der Waals surface area (Å²) in [6, 6.07) is 16.1. The van der Waals surface area contributed by atoms with E-state index in [-0.39, 0.29) is 18.2 Å². The molecule has 2 aromatic carbocycles. The van der Waals surface area contributed by atoms with Crippen LogP contribution in [0.15, 0.2) is 52.9 Å². The van der Waals surface area contributed by atoms with Gasteiger partial charge < -0.3 is 10.6 Å². The van der Waals surface area contributed by atoms with Gasteiger partial charge in [-0.2, -0.15) is 5.26 Å². The van der Waals surface area contributed by atoms with Gasteiger partial charge in [0.2, 0.25) is 11.0 Å². The van der Waals surface area contributed by atoms with Crippen LogP contribution >= 0.6 is 34.7 Å². The zero-order valence-electron chi connectivity index (χ0n) is 16.3. The molecule has 1 aromatic heterocycles. The van der Waals surface area contributed by atoms with Crippen molar-refractivity contribution in [1.29, 1.82) is 5.26 Å². The van der Waals surface area contributed by atoms with E-state index >= 15 is 0 Å². The molecule has 0 radical (unpaired) electrons. The van der Waals surface area contributed by atoms with Crippen LogP contribution in [0.5, 0.6) is 0 Å². The number of halogens is 1. The summed E-state index contributed by atoms with van der Waals surface area (Å²) in [6.07, 6.45) is 0.762. The van der Waals surface area contributed by atoms with Crippen LogP contribution in [0.3, 0.4) is 0 Å². The lowest BCUT2D eigenvalue weighted by atomic mass is 10.2. The van der Waals surface area contributed by atoms with Crippen molar-refractivity contribution in [3.63, 3.8) is 0 Å². The van der Waals surface area contributed by atoms with Gasteiger partial charge >= 0.3 is 0 Å². The molecule has 0 saturated carbocycles. The lowest BCUT2D eigenvalue weighted by Gasteiger charge is -2.05. The third kappa shape index (κ3) is 7.36. The smallest absolute Gasteiger partial charge is 0.251 e. The molecule has 0 unspecified atom stereocenters. The quantitative estimate of drug-likeness (QED) is 0.270. The van der Waals surface area contributed by atoms with Gasteiger partial charge in [-0.3, -0.25) is 9.59 Å². The molecule has 31 heavy (non-hydrogen) atoms. The Morgan fingerprint density at radius 1 is 1.10 bits per heavy atom. The van der Waals surface area contributed by atoms with Gasteiger partial charge in [0.05, 0.1) is 11.6 Å². The van der Waals surface area contributed by atoms with Crippen molar-refractivity contribution in [2.75, 3.05) is 11.9 Å². The highest BCUT2D eigenvalue weighted by Gasteiger charge is 2.10. The Morgan fingerprint density at radius 2 is 1.84 bits per heavy atom. The van der Waals surface area contributed by atoms with Gasteiger partial charge in [-0.25, -0.2) is 0 Å². The minimum atomic E-state index is -0.204. The maximum absolute atomic E-state index is 12.1. The molecule has 0 aliphatic heterocycles. The van der Waals surface area contributed by atoms with Crippen LogP contribution in [0, 0.1) is 11.3 Å². The first-order valence-electron chi connectivity index (χ1n) is 9.32. The van der Waals surface area contributed by atoms with Gasteiger partial charge in [-0.1, -0.05) is 46.8 Å². The number of benzene rings is 2. The van der Waals surface area contributed by atoms with E-state index in [2.05, 4.69) is 26.9 Å². The molecule has 0 fully saturated rings. The Balaban J connectivity index is 1.36. The summed E-state index contributed by atoms with van der Waals surface area (Å²) < 4.78 is 0.745. The SMILES string of the molecule is N#Cc1ccc(CSc2nnc(NC(=O)CCCNC(=O)c3ccc(Cl)cc3)s2)cc1. The second-order valence-electron chi connectivity index (χ2n) is 6.39. The lowest BCUT2D eigenvalue weighted by Crippen LogP contribution is -2.25. The molecule has 0 bridgehead atoms. The second-order valence-corrected chi connectivity index (χ2v) is 9.02. The van der Waals surface area contributed by atoms with Crippen molar-refractivity contribution >= 4 is 51.6 Å². The molecule has 0 aliphatic carbocycles. The number of nitrogens with one attached hydrogen (secondary N) is 2. The number of nitrogens with zero attached hydrogens (tertiary/aromatic N) is 3. The highest BCUT2D eigenvalue weighted by Crippen LogP contribution is 2.28. The Kier molecular flexibility index (Phi) is 8.41. The number of nitriles is 1. The summed E-state index contributed by atoms with van der Waals surface area (Å²) in [5.74, 6) is 0.312. The molecule has 10 heteroatoms. The first-order chi connectivity index (χ1) is 15.0. The fourth-order valence-corrected chi connectivity index (χ4v) is 4.33. The number of hydrogen-bond donors (Lipinski definition) is 2. The van der Waals surface area contributed by atoms with Gasteiger partial charge in [0, 0.05) is 29.3 Å². The van der Waals surface area contributed by atoms with Crippen LogP contribution in [0.1, 0.15) is 34.3 Å². The normalized spacial score (nSPS) is 10.3. The molecule has 3 rings (SSSR count). The summed E-state index contributed by atoms with van der Waals surface area (Å²) in [4.78, 5) is 24.1. The maximum Gasteiger partial charge on any atom is 0.251 e. The summed E-state index contributed by atoms with van der Waals surface area (Å²) in [6.45, 7) is 0.386. The lowest BCUT2D eigenvalue weighted by molar-refractivity contribution is -0.116. The van der Waals surface area contributed by atoms with Gasteiger partial charge in [0.25, 0.3) is 5.91 Å². The standard InChI is InChI=1S/C21H18ClN5O2S2/c22-17-9-7-16(8-10-17)19(29)24-11-1-2-18(28)25-20-26-27-21(31-20)30-13-15-5-3-14(12-23)4-6-15/h3-10H,1-2,11,13H2,(H,24,29)(H,25,26,28). The Labute approximate surface area is 192 Å². The molecule has 0 aliphatic rings. The van der Waals surface area contributed by atoms with Crippen LogP contribution in [0.25, 0.3) is 0 Å². The minimum absolute atomic E-state index is 0.180. The summed E-state index contributed by atoms with van der Waals surface area (Å²) in [5.41, 5.74) is 2.22. The summed E-state index contributed by atoms with van der Waals surface area (Å²) in [7, 11) is 0. The molecule has 2 amide bonds. The van der Waals surface area contributed by atoms with E-state index < -0.39 is 0 Å². The van der Waals surface area contributed by atoms with Crippen LogP contribution in [0.4, 0.5) is 5.13 Å². The molecular formula is C21H18ClN5O2S2. The van der Waals surface area contributed by atoms with E-state index in [4.69, 9.17) is 16.9 Å². The molecule has 0 saturated heterocycles. The van der Waals surface area contributed by atoms with Crippen molar-refractivity contribution in [2.24, 2.45) is 0 Å². The van der Waals surface area contributed by atoms with E-state index in [1.54, 1.807) is 36.4 Å². The van der Waals surface area contributed by atoms with Crippen LogP contribution in [-0.2, 0) is 10.5 Å². The van der Waals surface area contributed by atoms with E-state index in [1.807, 2.05) is 12.1 Å². The molecule has 2 N–H and O–H groups in total. The van der Waals surface area contributed by atoms with Crippen LogP contribution in [0.2, 0.25) is 5.02 Å². The molecule has 3 aromatic rings. The molecule has 0 atom stereocenters. The summed E-state index contributed by atoms with van der Waals surface area (Å²) in [5, 5.41) is 23.4. The predicted molar refractivity (Wildman–Crippen MR) is 122 cm³/mol. The second kappa shape index (κ2) is 11.5. The molecular weight excluding hydrogens is 454 g/mol. The number of carbonyl (C=O) groups is 2. The fourth-order valence-electron chi connectivity index (χ4n) is 2.48.